The Morgan fingerprint density at radius 1 is 1.48 bits per heavy atom. The number of fused-ring (bicyclic) bond motifs is 1. The van der Waals surface area contributed by atoms with E-state index in [0.29, 0.717) is 33.4 Å². The molecule has 1 fully saturated rings. The maximum Gasteiger partial charge on any atom is 0.282 e. The smallest absolute Gasteiger partial charge is 0.282 e. The topological polar surface area (TPSA) is 59.7 Å². The summed E-state index contributed by atoms with van der Waals surface area (Å²) >= 11 is 9.02. The van der Waals surface area contributed by atoms with E-state index in [4.69, 9.17) is 15.8 Å². The van der Waals surface area contributed by atoms with Crippen molar-refractivity contribution in [1.82, 2.24) is 19.5 Å². The van der Waals surface area contributed by atoms with E-state index in [1.165, 1.54) is 23.4 Å². The van der Waals surface area contributed by atoms with E-state index < -0.39 is 0 Å². The molecule has 6 nitrogen and oxygen atoms in total. The highest BCUT2D eigenvalue weighted by Gasteiger charge is 2.30. The van der Waals surface area contributed by atoms with Crippen molar-refractivity contribution in [3.63, 3.8) is 0 Å². The van der Waals surface area contributed by atoms with Crippen LogP contribution in [-0.2, 0) is 4.18 Å². The van der Waals surface area contributed by atoms with E-state index in [9.17, 15) is 4.79 Å². The van der Waals surface area contributed by atoms with Crippen LogP contribution < -0.4 is 0 Å². The second-order valence-electron chi connectivity index (χ2n) is 5.65. The highest BCUT2D eigenvalue weighted by atomic mass is 35.5. The highest BCUT2D eigenvalue weighted by molar-refractivity contribution is 7.95. The van der Waals surface area contributed by atoms with Gasteiger partial charge in [-0.3, -0.25) is 4.79 Å². The van der Waals surface area contributed by atoms with E-state index in [1.807, 2.05) is 29.3 Å². The summed E-state index contributed by atoms with van der Waals surface area (Å²) in [7, 11) is 1.65. The molecule has 0 aliphatic carbocycles. The van der Waals surface area contributed by atoms with Crippen molar-refractivity contribution in [2.45, 2.75) is 11.7 Å². The number of pyridine rings is 1. The van der Waals surface area contributed by atoms with Gasteiger partial charge in [0.1, 0.15) is 10.0 Å². The number of halogens is 1. The van der Waals surface area contributed by atoms with Crippen LogP contribution in [0, 0.1) is 0 Å². The minimum atomic E-state index is -0.0752. The molecule has 4 heterocycles. The van der Waals surface area contributed by atoms with Crippen LogP contribution >= 0.6 is 35.0 Å². The first-order valence-corrected chi connectivity index (χ1v) is 9.75. The van der Waals surface area contributed by atoms with Crippen LogP contribution in [0.2, 0.25) is 4.34 Å². The number of rotatable bonds is 4. The van der Waals surface area contributed by atoms with Crippen molar-refractivity contribution >= 4 is 46.4 Å². The first-order chi connectivity index (χ1) is 12.2. The van der Waals surface area contributed by atoms with Gasteiger partial charge in [-0.25, -0.2) is 9.50 Å². The van der Waals surface area contributed by atoms with Gasteiger partial charge in [0.05, 0.1) is 24.1 Å². The maximum atomic E-state index is 12.7. The van der Waals surface area contributed by atoms with Gasteiger partial charge in [-0.05, 0) is 30.6 Å². The third kappa shape index (κ3) is 3.15. The Hall–Kier alpha value is -1.61. The van der Waals surface area contributed by atoms with Crippen molar-refractivity contribution in [2.24, 2.45) is 0 Å². The number of nitrogens with zero attached hydrogens (tertiary/aromatic N) is 4. The van der Waals surface area contributed by atoms with Crippen LogP contribution in [-0.4, -0.2) is 50.9 Å². The molecule has 0 bridgehead atoms. The average molecular weight is 395 g/mol. The Labute approximate surface area is 158 Å². The molecule has 4 rings (SSSR count). The zero-order chi connectivity index (χ0) is 17.4. The van der Waals surface area contributed by atoms with Crippen LogP contribution in [0.5, 0.6) is 0 Å². The monoisotopic (exact) mass is 394 g/mol. The van der Waals surface area contributed by atoms with E-state index in [0.717, 1.165) is 17.5 Å². The summed E-state index contributed by atoms with van der Waals surface area (Å²) in [6.45, 7) is 1.38. The van der Waals surface area contributed by atoms with Gasteiger partial charge in [-0.1, -0.05) is 29.0 Å². The zero-order valence-electron chi connectivity index (χ0n) is 13.4. The molecular formula is C16H15ClN4O2S2. The average Bonchev–Trinajstić information content (AvgIpc) is 3.32. The fraction of sp³-hybridized carbons (Fsp3) is 0.312. The number of carbonyl (C=O) groups excluding carboxylic acids is 1. The second-order valence-corrected chi connectivity index (χ2v) is 8.45. The van der Waals surface area contributed by atoms with Gasteiger partial charge >= 0.3 is 0 Å². The van der Waals surface area contributed by atoms with Crippen LogP contribution in [0.4, 0.5) is 0 Å². The van der Waals surface area contributed by atoms with Gasteiger partial charge in [0, 0.05) is 24.8 Å². The van der Waals surface area contributed by atoms with E-state index in [2.05, 4.69) is 10.1 Å². The summed E-state index contributed by atoms with van der Waals surface area (Å²) in [5.74, 6) is -0.0752. The van der Waals surface area contributed by atoms with Crippen LogP contribution in [0.15, 0.2) is 30.6 Å². The number of hydrogen-bond donors (Lipinski definition) is 0. The molecule has 0 spiro atoms. The van der Waals surface area contributed by atoms with Crippen molar-refractivity contribution in [2.75, 3.05) is 20.2 Å². The first-order valence-electron chi connectivity index (χ1n) is 7.75. The van der Waals surface area contributed by atoms with Crippen molar-refractivity contribution in [1.29, 1.82) is 0 Å². The summed E-state index contributed by atoms with van der Waals surface area (Å²) in [5, 5.41) is 5.03. The minimum Gasteiger partial charge on any atom is -0.335 e. The fourth-order valence-corrected chi connectivity index (χ4v) is 4.79. The molecule has 25 heavy (non-hydrogen) atoms. The Kier molecular flexibility index (Phi) is 4.68. The number of amides is 1. The molecule has 0 aromatic carbocycles. The molecule has 0 N–H and O–H groups in total. The quantitative estimate of drug-likeness (QED) is 0.632. The number of likely N-dealkylation sites (tertiary alicyclic amines) is 1. The Morgan fingerprint density at radius 2 is 2.36 bits per heavy atom. The highest BCUT2D eigenvalue weighted by Crippen LogP contribution is 2.35. The molecule has 1 aliphatic rings. The summed E-state index contributed by atoms with van der Waals surface area (Å²) in [6.07, 6.45) is 4.51. The van der Waals surface area contributed by atoms with Crippen molar-refractivity contribution in [3.8, 4) is 11.3 Å². The Balaban J connectivity index is 1.61. The molecule has 1 unspecified atom stereocenters. The first kappa shape index (κ1) is 16.8. The Bertz CT molecular complexity index is 926. The lowest BCUT2D eigenvalue weighted by atomic mass is 10.2. The number of carbonyl (C=O) groups is 1. The Morgan fingerprint density at radius 3 is 3.20 bits per heavy atom. The van der Waals surface area contributed by atoms with E-state index >= 15 is 0 Å². The van der Waals surface area contributed by atoms with Gasteiger partial charge in [-0.2, -0.15) is 5.10 Å². The predicted molar refractivity (Wildman–Crippen MR) is 100 cm³/mol. The standard InChI is InChI=1S/C16H15ClN4O2S2/c1-23-25-10-5-7-20(9-10)16(22)15-19-13(14(17)24-15)11-8-18-21-6-3-2-4-12(11)21/h2-4,6,8,10H,5,7,9H2,1H3. The van der Waals surface area contributed by atoms with Gasteiger partial charge in [0.2, 0.25) is 0 Å². The summed E-state index contributed by atoms with van der Waals surface area (Å²) in [5.41, 5.74) is 2.35. The molecule has 3 aromatic heterocycles. The molecule has 0 radical (unpaired) electrons. The van der Waals surface area contributed by atoms with Crippen LogP contribution in [0.1, 0.15) is 16.2 Å². The van der Waals surface area contributed by atoms with Crippen molar-refractivity contribution in [3.05, 3.63) is 39.9 Å². The van der Waals surface area contributed by atoms with Crippen molar-refractivity contribution < 1.29 is 8.98 Å². The van der Waals surface area contributed by atoms with Gasteiger partial charge < -0.3 is 9.08 Å². The zero-order valence-corrected chi connectivity index (χ0v) is 15.8. The lowest BCUT2D eigenvalue weighted by Crippen LogP contribution is -2.29. The normalized spacial score (nSPS) is 17.5. The second kappa shape index (κ2) is 6.95. The molecule has 1 amide bonds. The summed E-state index contributed by atoms with van der Waals surface area (Å²) in [4.78, 5) is 19.1. The third-order valence-corrected chi connectivity index (χ3v) is 6.21. The van der Waals surface area contributed by atoms with Gasteiger partial charge in [-0.15, -0.1) is 0 Å². The lowest BCUT2D eigenvalue weighted by Gasteiger charge is -2.14. The molecular weight excluding hydrogens is 380 g/mol. The molecule has 1 saturated heterocycles. The molecule has 1 atom stereocenters. The molecule has 3 aromatic rings. The summed E-state index contributed by atoms with van der Waals surface area (Å²) in [6, 6.07) is 5.79. The number of hydrogen-bond acceptors (Lipinski definition) is 6. The molecule has 0 saturated carbocycles. The predicted octanol–water partition coefficient (Wildman–Crippen LogP) is 3.62. The van der Waals surface area contributed by atoms with Crippen LogP contribution in [0.3, 0.4) is 0 Å². The molecule has 130 valence electrons. The van der Waals surface area contributed by atoms with Crippen LogP contribution in [0.25, 0.3) is 16.8 Å². The lowest BCUT2D eigenvalue weighted by molar-refractivity contribution is 0.0793. The third-order valence-electron chi connectivity index (χ3n) is 4.11. The maximum absolute atomic E-state index is 12.7. The summed E-state index contributed by atoms with van der Waals surface area (Å²) < 4.78 is 7.38. The SMILES string of the molecule is COSC1CCN(C(=O)c2nc(-c3cnn4ccccc34)c(Cl)s2)C1. The van der Waals surface area contributed by atoms with Gasteiger partial charge in [0.25, 0.3) is 5.91 Å². The molecule has 9 heteroatoms. The molecule has 1 aliphatic heterocycles. The minimum absolute atomic E-state index is 0.0752. The van der Waals surface area contributed by atoms with E-state index in [1.54, 1.807) is 17.8 Å². The van der Waals surface area contributed by atoms with Gasteiger partial charge in [0.15, 0.2) is 5.01 Å². The largest absolute Gasteiger partial charge is 0.335 e. The fourth-order valence-electron chi connectivity index (χ4n) is 2.94. The number of thiazole rings is 1. The number of aromatic nitrogens is 3. The van der Waals surface area contributed by atoms with E-state index in [-0.39, 0.29) is 5.91 Å².